The van der Waals surface area contributed by atoms with Crippen molar-refractivity contribution >= 4 is 5.91 Å². The molecule has 0 unspecified atom stereocenters. The van der Waals surface area contributed by atoms with Gasteiger partial charge < -0.3 is 20.1 Å². The van der Waals surface area contributed by atoms with Gasteiger partial charge in [-0.3, -0.25) is 15.6 Å². The maximum absolute atomic E-state index is 11.3. The van der Waals surface area contributed by atoms with Gasteiger partial charge in [-0.05, 0) is 27.9 Å². The number of nitrogens with one attached hydrogen (secondary N) is 4. The third kappa shape index (κ3) is 17.2. The predicted octanol–water partition coefficient (Wildman–Crippen LogP) is 0.232. The maximum Gasteiger partial charge on any atom is 0.221 e. The average Bonchev–Trinajstić information content (AvgIpc) is 2.48. The summed E-state index contributed by atoms with van der Waals surface area (Å²) in [4.78, 5) is 11.3. The SMILES string of the molecule is CC.CNCCC(=O)NCCOC(C)(C)OCCNNC. The Morgan fingerprint density at radius 2 is 1.57 bits per heavy atom. The third-order valence-corrected chi connectivity index (χ3v) is 2.33. The van der Waals surface area contributed by atoms with Crippen molar-refractivity contribution in [3.8, 4) is 0 Å². The Hall–Kier alpha value is -0.730. The van der Waals surface area contributed by atoms with Gasteiger partial charge in [0.2, 0.25) is 5.91 Å². The van der Waals surface area contributed by atoms with Crippen LogP contribution in [0.5, 0.6) is 0 Å². The molecular formula is C14H34N4O3. The molecule has 128 valence electrons. The standard InChI is InChI=1S/C12H28N4O3.C2H6/c1-12(2,19-10-8-16-14-4)18-9-7-15-11(17)5-6-13-3;1-2/h13-14,16H,5-10H2,1-4H3,(H,15,17);1-2H3. The fourth-order valence-electron chi connectivity index (χ4n) is 1.33. The summed E-state index contributed by atoms with van der Waals surface area (Å²) in [5.41, 5.74) is 5.74. The Morgan fingerprint density at radius 3 is 2.10 bits per heavy atom. The minimum atomic E-state index is -0.648. The molecule has 7 nitrogen and oxygen atoms in total. The van der Waals surface area contributed by atoms with E-state index in [-0.39, 0.29) is 5.91 Å². The fourth-order valence-corrected chi connectivity index (χ4v) is 1.33. The molecule has 0 aromatic heterocycles. The molecule has 0 heterocycles. The molecule has 4 N–H and O–H groups in total. The Labute approximate surface area is 129 Å². The van der Waals surface area contributed by atoms with E-state index in [0.717, 1.165) is 0 Å². The highest BCUT2D eigenvalue weighted by Crippen LogP contribution is 2.09. The highest BCUT2D eigenvalue weighted by atomic mass is 16.7. The van der Waals surface area contributed by atoms with Gasteiger partial charge in [-0.25, -0.2) is 0 Å². The highest BCUT2D eigenvalue weighted by Gasteiger charge is 2.18. The van der Waals surface area contributed by atoms with E-state index in [0.29, 0.717) is 39.3 Å². The smallest absolute Gasteiger partial charge is 0.221 e. The van der Waals surface area contributed by atoms with E-state index in [9.17, 15) is 4.79 Å². The Bertz CT molecular complexity index is 238. The molecular weight excluding hydrogens is 272 g/mol. The van der Waals surface area contributed by atoms with Crippen LogP contribution in [-0.2, 0) is 14.3 Å². The van der Waals surface area contributed by atoms with Gasteiger partial charge >= 0.3 is 0 Å². The zero-order chi connectivity index (χ0) is 16.6. The summed E-state index contributed by atoms with van der Waals surface area (Å²) in [6.45, 7) is 10.6. The molecule has 0 aliphatic heterocycles. The van der Waals surface area contributed by atoms with Crippen LogP contribution in [0.4, 0.5) is 0 Å². The molecule has 0 aliphatic carbocycles. The molecule has 0 saturated carbocycles. The molecule has 0 radical (unpaired) electrons. The Balaban J connectivity index is 0. The lowest BCUT2D eigenvalue weighted by atomic mass is 10.4. The molecule has 21 heavy (non-hydrogen) atoms. The lowest BCUT2D eigenvalue weighted by molar-refractivity contribution is -0.211. The van der Waals surface area contributed by atoms with Gasteiger partial charge in [0, 0.05) is 26.1 Å². The van der Waals surface area contributed by atoms with Gasteiger partial charge in [-0.15, -0.1) is 0 Å². The molecule has 0 bridgehead atoms. The molecule has 0 aromatic rings. The summed E-state index contributed by atoms with van der Waals surface area (Å²) in [5, 5.41) is 5.71. The molecule has 1 amide bonds. The first-order valence-electron chi connectivity index (χ1n) is 7.60. The second-order valence-corrected chi connectivity index (χ2v) is 4.48. The summed E-state index contributed by atoms with van der Waals surface area (Å²) in [6.07, 6.45) is 0.478. The van der Waals surface area contributed by atoms with E-state index < -0.39 is 5.79 Å². The molecule has 0 aromatic carbocycles. The monoisotopic (exact) mass is 306 g/mol. The van der Waals surface area contributed by atoms with Gasteiger partial charge in [-0.2, -0.15) is 0 Å². The number of hydrogen-bond donors (Lipinski definition) is 4. The van der Waals surface area contributed by atoms with Crippen LogP contribution >= 0.6 is 0 Å². The van der Waals surface area contributed by atoms with Crippen molar-refractivity contribution < 1.29 is 14.3 Å². The van der Waals surface area contributed by atoms with Crippen molar-refractivity contribution in [1.82, 2.24) is 21.5 Å². The van der Waals surface area contributed by atoms with Gasteiger partial charge in [0.25, 0.3) is 0 Å². The van der Waals surface area contributed by atoms with Gasteiger partial charge in [-0.1, -0.05) is 13.8 Å². The summed E-state index contributed by atoms with van der Waals surface area (Å²) in [6, 6.07) is 0. The van der Waals surface area contributed by atoms with Crippen molar-refractivity contribution in [2.45, 2.75) is 39.9 Å². The topological polar surface area (TPSA) is 83.7 Å². The van der Waals surface area contributed by atoms with Crippen LogP contribution in [0.1, 0.15) is 34.1 Å². The van der Waals surface area contributed by atoms with Crippen molar-refractivity contribution in [1.29, 1.82) is 0 Å². The van der Waals surface area contributed by atoms with Gasteiger partial charge in [0.15, 0.2) is 5.79 Å². The lowest BCUT2D eigenvalue weighted by Gasteiger charge is -2.25. The number of amides is 1. The van der Waals surface area contributed by atoms with Crippen LogP contribution in [-0.4, -0.2) is 58.6 Å². The van der Waals surface area contributed by atoms with Crippen molar-refractivity contribution in [2.75, 3.05) is 46.9 Å². The van der Waals surface area contributed by atoms with Gasteiger partial charge in [0.1, 0.15) is 0 Å². The summed E-state index contributed by atoms with van der Waals surface area (Å²) in [7, 11) is 3.62. The van der Waals surface area contributed by atoms with Crippen LogP contribution in [0.2, 0.25) is 0 Å². The summed E-state index contributed by atoms with van der Waals surface area (Å²) < 4.78 is 11.1. The van der Waals surface area contributed by atoms with Crippen LogP contribution < -0.4 is 21.5 Å². The summed E-state index contributed by atoms with van der Waals surface area (Å²) in [5.74, 6) is -0.625. The minimum absolute atomic E-state index is 0.0231. The zero-order valence-corrected chi connectivity index (χ0v) is 14.5. The molecule has 0 atom stereocenters. The third-order valence-electron chi connectivity index (χ3n) is 2.33. The Kier molecular flexibility index (Phi) is 16.8. The first-order valence-corrected chi connectivity index (χ1v) is 7.60. The van der Waals surface area contributed by atoms with Crippen LogP contribution in [0.25, 0.3) is 0 Å². The number of hydrazine groups is 1. The predicted molar refractivity (Wildman–Crippen MR) is 85.9 cm³/mol. The number of carbonyl (C=O) groups is 1. The maximum atomic E-state index is 11.3. The molecule has 0 saturated heterocycles. The Morgan fingerprint density at radius 1 is 1.00 bits per heavy atom. The second kappa shape index (κ2) is 15.7. The molecule has 0 aliphatic rings. The van der Waals surface area contributed by atoms with Crippen LogP contribution in [0.3, 0.4) is 0 Å². The average molecular weight is 306 g/mol. The van der Waals surface area contributed by atoms with Crippen LogP contribution in [0.15, 0.2) is 0 Å². The molecule has 0 rings (SSSR count). The molecule has 0 fully saturated rings. The van der Waals surface area contributed by atoms with E-state index in [1.165, 1.54) is 0 Å². The first kappa shape index (κ1) is 22.5. The zero-order valence-electron chi connectivity index (χ0n) is 14.5. The lowest BCUT2D eigenvalue weighted by Crippen LogP contribution is -2.37. The fraction of sp³-hybridized carbons (Fsp3) is 0.929. The number of carbonyl (C=O) groups excluding carboxylic acids is 1. The normalized spacial score (nSPS) is 10.8. The van der Waals surface area contributed by atoms with E-state index in [4.69, 9.17) is 9.47 Å². The summed E-state index contributed by atoms with van der Waals surface area (Å²) >= 11 is 0. The van der Waals surface area contributed by atoms with Crippen molar-refractivity contribution in [3.05, 3.63) is 0 Å². The quantitative estimate of drug-likeness (QED) is 0.235. The largest absolute Gasteiger partial charge is 0.354 e. The van der Waals surface area contributed by atoms with Crippen molar-refractivity contribution in [2.24, 2.45) is 0 Å². The molecule has 7 heteroatoms. The second-order valence-electron chi connectivity index (χ2n) is 4.48. The van der Waals surface area contributed by atoms with Gasteiger partial charge in [0.05, 0.1) is 13.2 Å². The van der Waals surface area contributed by atoms with E-state index in [2.05, 4.69) is 21.5 Å². The van der Waals surface area contributed by atoms with Crippen molar-refractivity contribution in [3.63, 3.8) is 0 Å². The minimum Gasteiger partial charge on any atom is -0.354 e. The van der Waals surface area contributed by atoms with Crippen LogP contribution in [0, 0.1) is 0 Å². The number of hydrogen-bond acceptors (Lipinski definition) is 6. The van der Waals surface area contributed by atoms with E-state index in [1.807, 2.05) is 34.7 Å². The number of ether oxygens (including phenoxy) is 2. The number of rotatable bonds is 12. The van der Waals surface area contributed by atoms with E-state index in [1.54, 1.807) is 7.05 Å². The highest BCUT2D eigenvalue weighted by molar-refractivity contribution is 5.75. The molecule has 0 spiro atoms. The first-order chi connectivity index (χ1) is 10.0. The van der Waals surface area contributed by atoms with E-state index >= 15 is 0 Å².